The van der Waals surface area contributed by atoms with Crippen LogP contribution in [0, 0.1) is 0 Å². The first kappa shape index (κ1) is 13.6. The number of methoxy groups -OCH3 is 1. The van der Waals surface area contributed by atoms with Gasteiger partial charge in [-0.15, -0.1) is 11.3 Å². The molecular formula is C15H13NO4S. The number of hydrogen-bond donors (Lipinski definition) is 1. The number of carbonyl (C=O) groups excluding carboxylic acids is 2. The maximum Gasteiger partial charge on any atom is 0.325 e. The lowest BCUT2D eigenvalue weighted by atomic mass is 10.1. The van der Waals surface area contributed by atoms with E-state index in [2.05, 4.69) is 10.1 Å². The molecule has 0 fully saturated rings. The lowest BCUT2D eigenvalue weighted by Crippen LogP contribution is -2.29. The number of esters is 1. The van der Waals surface area contributed by atoms with E-state index in [9.17, 15) is 9.59 Å². The first-order valence-corrected chi connectivity index (χ1v) is 7.20. The minimum Gasteiger partial charge on any atom is -0.488 e. The fraction of sp³-hybridized carbons (Fsp3) is 0.200. The van der Waals surface area contributed by atoms with E-state index >= 15 is 0 Å². The first-order valence-electron chi connectivity index (χ1n) is 6.39. The van der Waals surface area contributed by atoms with Crippen molar-refractivity contribution in [3.05, 3.63) is 40.8 Å². The topological polar surface area (TPSA) is 64.6 Å². The van der Waals surface area contributed by atoms with Crippen LogP contribution >= 0.6 is 11.3 Å². The van der Waals surface area contributed by atoms with Gasteiger partial charge in [-0.05, 0) is 18.2 Å². The van der Waals surface area contributed by atoms with E-state index in [1.807, 2.05) is 30.3 Å². The van der Waals surface area contributed by atoms with Crippen molar-refractivity contribution in [2.24, 2.45) is 0 Å². The average Bonchev–Trinajstić information content (AvgIpc) is 2.96. The molecule has 0 bridgehead atoms. The monoisotopic (exact) mass is 303 g/mol. The third kappa shape index (κ3) is 2.62. The van der Waals surface area contributed by atoms with E-state index in [4.69, 9.17) is 4.74 Å². The van der Waals surface area contributed by atoms with Crippen molar-refractivity contribution in [3.63, 3.8) is 0 Å². The zero-order chi connectivity index (χ0) is 14.8. The molecule has 5 nitrogen and oxygen atoms in total. The molecule has 6 heteroatoms. The van der Waals surface area contributed by atoms with Gasteiger partial charge in [0.25, 0.3) is 5.91 Å². The zero-order valence-corrected chi connectivity index (χ0v) is 12.2. The summed E-state index contributed by atoms with van der Waals surface area (Å²) in [5.41, 5.74) is 1.98. The van der Waals surface area contributed by atoms with Gasteiger partial charge in [0, 0.05) is 16.0 Å². The second-order valence-corrected chi connectivity index (χ2v) is 5.56. The van der Waals surface area contributed by atoms with Crippen LogP contribution in [-0.4, -0.2) is 25.5 Å². The van der Waals surface area contributed by atoms with Gasteiger partial charge < -0.3 is 14.8 Å². The molecule has 0 spiro atoms. The summed E-state index contributed by atoms with van der Waals surface area (Å²) >= 11 is 1.40. The molecule has 1 aromatic heterocycles. The maximum absolute atomic E-state index is 12.0. The third-order valence-electron chi connectivity index (χ3n) is 3.17. The van der Waals surface area contributed by atoms with Crippen LogP contribution in [0.1, 0.15) is 15.2 Å². The summed E-state index contributed by atoms with van der Waals surface area (Å²) in [5, 5.41) is 2.54. The smallest absolute Gasteiger partial charge is 0.325 e. The molecule has 0 saturated carbocycles. The van der Waals surface area contributed by atoms with Gasteiger partial charge in [0.05, 0.1) is 12.0 Å². The molecule has 0 aliphatic carbocycles. The summed E-state index contributed by atoms with van der Waals surface area (Å²) in [6.45, 7) is 0.318. The number of carbonyl (C=O) groups is 2. The molecule has 1 aliphatic rings. The molecule has 1 aromatic carbocycles. The van der Waals surface area contributed by atoms with Crippen molar-refractivity contribution in [1.29, 1.82) is 0 Å². The van der Waals surface area contributed by atoms with Crippen LogP contribution in [0.25, 0.3) is 10.4 Å². The number of nitrogens with one attached hydrogen (secondary N) is 1. The highest BCUT2D eigenvalue weighted by molar-refractivity contribution is 7.17. The molecule has 0 saturated heterocycles. The normalized spacial score (nSPS) is 11.9. The van der Waals surface area contributed by atoms with Gasteiger partial charge in [-0.3, -0.25) is 9.59 Å². The molecule has 1 aliphatic heterocycles. The number of thiophene rings is 1. The van der Waals surface area contributed by atoms with Crippen LogP contribution in [0.4, 0.5) is 0 Å². The van der Waals surface area contributed by atoms with Gasteiger partial charge in [0.15, 0.2) is 0 Å². The minimum atomic E-state index is -0.474. The quantitative estimate of drug-likeness (QED) is 0.883. The molecule has 0 atom stereocenters. The standard InChI is InChI=1S/C15H13NO4S/c1-19-13(17)7-16-15(18)12-6-9-8-20-11-5-3-2-4-10(11)14(9)21-12/h2-6H,7-8H2,1H3,(H,16,18). The van der Waals surface area contributed by atoms with E-state index < -0.39 is 5.97 Å². The number of amides is 1. The van der Waals surface area contributed by atoms with E-state index in [-0.39, 0.29) is 12.5 Å². The van der Waals surface area contributed by atoms with Crippen LogP contribution in [0.2, 0.25) is 0 Å². The van der Waals surface area contributed by atoms with Crippen LogP contribution in [0.15, 0.2) is 30.3 Å². The Hall–Kier alpha value is -2.34. The van der Waals surface area contributed by atoms with E-state index in [0.717, 1.165) is 21.8 Å². The highest BCUT2D eigenvalue weighted by atomic mass is 32.1. The summed E-state index contributed by atoms with van der Waals surface area (Å²) in [7, 11) is 1.28. The highest BCUT2D eigenvalue weighted by Crippen LogP contribution is 2.42. The Bertz CT molecular complexity index is 707. The minimum absolute atomic E-state index is 0.134. The number of rotatable bonds is 3. The van der Waals surface area contributed by atoms with Crippen molar-refractivity contribution < 1.29 is 19.1 Å². The van der Waals surface area contributed by atoms with Gasteiger partial charge in [-0.1, -0.05) is 12.1 Å². The average molecular weight is 303 g/mol. The third-order valence-corrected chi connectivity index (χ3v) is 4.38. The van der Waals surface area contributed by atoms with Gasteiger partial charge in [0.2, 0.25) is 0 Å². The number of para-hydroxylation sites is 1. The largest absolute Gasteiger partial charge is 0.488 e. The van der Waals surface area contributed by atoms with Crippen molar-refractivity contribution in [2.75, 3.05) is 13.7 Å². The summed E-state index contributed by atoms with van der Waals surface area (Å²) in [6, 6.07) is 9.55. The molecule has 108 valence electrons. The number of hydrogen-bond acceptors (Lipinski definition) is 5. The molecule has 2 heterocycles. The van der Waals surface area contributed by atoms with Crippen LogP contribution < -0.4 is 10.1 Å². The lowest BCUT2D eigenvalue weighted by molar-refractivity contribution is -0.139. The van der Waals surface area contributed by atoms with Crippen LogP contribution in [0.3, 0.4) is 0 Å². The summed E-state index contributed by atoms with van der Waals surface area (Å²) in [6.07, 6.45) is 0. The van der Waals surface area contributed by atoms with Crippen molar-refractivity contribution in [1.82, 2.24) is 5.32 Å². The molecule has 0 unspecified atom stereocenters. The number of benzene rings is 1. The van der Waals surface area contributed by atoms with Crippen molar-refractivity contribution >= 4 is 23.2 Å². The Balaban J connectivity index is 1.84. The highest BCUT2D eigenvalue weighted by Gasteiger charge is 2.22. The SMILES string of the molecule is COC(=O)CNC(=O)c1cc2c(s1)-c1ccccc1OC2. The molecule has 2 aromatic rings. The Kier molecular flexibility index (Phi) is 3.62. The van der Waals surface area contributed by atoms with E-state index in [0.29, 0.717) is 11.5 Å². The van der Waals surface area contributed by atoms with Crippen LogP contribution in [-0.2, 0) is 16.1 Å². The molecule has 0 radical (unpaired) electrons. The maximum atomic E-state index is 12.0. The van der Waals surface area contributed by atoms with Crippen molar-refractivity contribution in [3.8, 4) is 16.2 Å². The zero-order valence-electron chi connectivity index (χ0n) is 11.3. The molecule has 1 amide bonds. The van der Waals surface area contributed by atoms with Gasteiger partial charge in [0.1, 0.15) is 18.9 Å². The molecule has 21 heavy (non-hydrogen) atoms. The van der Waals surface area contributed by atoms with Crippen LogP contribution in [0.5, 0.6) is 5.75 Å². The Morgan fingerprint density at radius 3 is 3.00 bits per heavy atom. The predicted molar refractivity (Wildman–Crippen MR) is 78.4 cm³/mol. The second kappa shape index (κ2) is 5.57. The summed E-state index contributed by atoms with van der Waals surface area (Å²) < 4.78 is 10.2. The Morgan fingerprint density at radius 1 is 1.38 bits per heavy atom. The fourth-order valence-corrected chi connectivity index (χ4v) is 3.24. The Morgan fingerprint density at radius 2 is 2.19 bits per heavy atom. The lowest BCUT2D eigenvalue weighted by Gasteiger charge is -2.16. The van der Waals surface area contributed by atoms with Gasteiger partial charge in [-0.25, -0.2) is 0 Å². The Labute approximate surface area is 125 Å². The number of fused-ring (bicyclic) bond motifs is 3. The van der Waals surface area contributed by atoms with Gasteiger partial charge >= 0.3 is 5.97 Å². The summed E-state index contributed by atoms with van der Waals surface area (Å²) in [5.74, 6) is 0.0731. The van der Waals surface area contributed by atoms with E-state index in [1.165, 1.54) is 18.4 Å². The van der Waals surface area contributed by atoms with Gasteiger partial charge in [-0.2, -0.15) is 0 Å². The predicted octanol–water partition coefficient (Wildman–Crippen LogP) is 2.21. The second-order valence-electron chi connectivity index (χ2n) is 4.51. The molecular weight excluding hydrogens is 290 g/mol. The molecule has 3 rings (SSSR count). The first-order chi connectivity index (χ1) is 10.2. The summed E-state index contributed by atoms with van der Waals surface area (Å²) in [4.78, 5) is 24.7. The van der Waals surface area contributed by atoms with E-state index in [1.54, 1.807) is 0 Å². The number of ether oxygens (including phenoxy) is 2. The van der Waals surface area contributed by atoms with Crippen molar-refractivity contribution in [2.45, 2.75) is 6.61 Å². The molecule has 1 N–H and O–H groups in total. The fourth-order valence-electron chi connectivity index (χ4n) is 2.12.